The van der Waals surface area contributed by atoms with Gasteiger partial charge in [0.05, 0.1) is 0 Å². The minimum atomic E-state index is -0.948. The van der Waals surface area contributed by atoms with Gasteiger partial charge >= 0.3 is 5.97 Å². The van der Waals surface area contributed by atoms with Gasteiger partial charge in [-0.15, -0.1) is 11.3 Å². The lowest BCUT2D eigenvalue weighted by atomic mass is 9.75. The van der Waals surface area contributed by atoms with E-state index in [4.69, 9.17) is 5.11 Å². The van der Waals surface area contributed by atoms with Crippen molar-refractivity contribution in [1.82, 2.24) is 4.98 Å². The van der Waals surface area contributed by atoms with Gasteiger partial charge in [-0.2, -0.15) is 0 Å². The summed E-state index contributed by atoms with van der Waals surface area (Å²) in [6.07, 6.45) is 4.76. The summed E-state index contributed by atoms with van der Waals surface area (Å²) in [4.78, 5) is 17.1. The molecule has 100 valence electrons. The molecule has 2 rings (SSSR count). The average molecular weight is 268 g/mol. The van der Waals surface area contributed by atoms with Crippen LogP contribution in [0.3, 0.4) is 0 Å². The van der Waals surface area contributed by atoms with E-state index in [-0.39, 0.29) is 5.69 Å². The first-order valence-corrected chi connectivity index (χ1v) is 7.19. The van der Waals surface area contributed by atoms with Gasteiger partial charge in [-0.05, 0) is 31.1 Å². The van der Waals surface area contributed by atoms with Crippen molar-refractivity contribution in [1.29, 1.82) is 0 Å². The molecule has 0 bridgehead atoms. The molecule has 0 aliphatic heterocycles. The third kappa shape index (κ3) is 2.83. The molecule has 1 heterocycles. The van der Waals surface area contributed by atoms with E-state index in [0.29, 0.717) is 11.5 Å². The summed E-state index contributed by atoms with van der Waals surface area (Å²) in [5.41, 5.74) is 0.602. The summed E-state index contributed by atoms with van der Waals surface area (Å²) < 4.78 is 0. The Kier molecular flexibility index (Phi) is 3.61. The topological polar surface area (TPSA) is 53.4 Å². The van der Waals surface area contributed by atoms with Crippen LogP contribution in [-0.2, 0) is 0 Å². The summed E-state index contributed by atoms with van der Waals surface area (Å²) in [6, 6.07) is 0.491. The fraction of sp³-hybridized carbons (Fsp3) is 0.692. The zero-order valence-electron chi connectivity index (χ0n) is 11.1. The molecular weight excluding hydrogens is 248 g/mol. The molecule has 1 aliphatic rings. The molecule has 4 nitrogen and oxygen atoms in total. The summed E-state index contributed by atoms with van der Waals surface area (Å²) in [5, 5.41) is 11.3. The fourth-order valence-electron chi connectivity index (χ4n) is 2.45. The van der Waals surface area contributed by atoms with Crippen LogP contribution in [0.25, 0.3) is 0 Å². The first kappa shape index (κ1) is 13.3. The smallest absolute Gasteiger partial charge is 0.355 e. The Hall–Kier alpha value is -1.10. The predicted molar refractivity (Wildman–Crippen MR) is 73.5 cm³/mol. The van der Waals surface area contributed by atoms with Gasteiger partial charge < -0.3 is 10.0 Å². The molecule has 0 amide bonds. The van der Waals surface area contributed by atoms with Crippen LogP contribution in [0.1, 0.15) is 50.0 Å². The van der Waals surface area contributed by atoms with E-state index in [1.165, 1.54) is 24.2 Å². The second-order valence-corrected chi connectivity index (χ2v) is 6.66. The molecule has 0 spiro atoms. The minimum Gasteiger partial charge on any atom is -0.476 e. The molecule has 1 aliphatic carbocycles. The molecule has 0 aromatic carbocycles. The number of aromatic carboxylic acids is 1. The zero-order chi connectivity index (χ0) is 13.3. The second kappa shape index (κ2) is 4.88. The maximum absolute atomic E-state index is 10.8. The highest BCUT2D eigenvalue weighted by Crippen LogP contribution is 2.38. The van der Waals surface area contributed by atoms with Crippen molar-refractivity contribution in [2.24, 2.45) is 5.41 Å². The summed E-state index contributed by atoms with van der Waals surface area (Å²) in [7, 11) is 2.02. The van der Waals surface area contributed by atoms with Gasteiger partial charge in [-0.3, -0.25) is 0 Å². The zero-order valence-corrected chi connectivity index (χ0v) is 12.0. The largest absolute Gasteiger partial charge is 0.476 e. The molecule has 18 heavy (non-hydrogen) atoms. The maximum Gasteiger partial charge on any atom is 0.355 e. The van der Waals surface area contributed by atoms with Crippen LogP contribution >= 0.6 is 11.3 Å². The molecule has 0 atom stereocenters. The van der Waals surface area contributed by atoms with Gasteiger partial charge in [0.1, 0.15) is 0 Å². The second-order valence-electron chi connectivity index (χ2n) is 5.83. The number of nitrogens with zero attached hydrogens (tertiary/aromatic N) is 2. The third-order valence-corrected chi connectivity index (χ3v) is 4.80. The lowest BCUT2D eigenvalue weighted by molar-refractivity contribution is 0.0691. The summed E-state index contributed by atoms with van der Waals surface area (Å²) in [5.74, 6) is -0.948. The molecule has 1 aromatic heterocycles. The molecule has 1 aromatic rings. The van der Waals surface area contributed by atoms with Crippen molar-refractivity contribution in [3.05, 3.63) is 11.1 Å². The molecule has 0 unspecified atom stereocenters. The normalized spacial score (nSPS) is 19.7. The van der Waals surface area contributed by atoms with Crippen molar-refractivity contribution in [3.8, 4) is 0 Å². The van der Waals surface area contributed by atoms with Crippen molar-refractivity contribution >= 4 is 22.4 Å². The molecule has 0 radical (unpaired) electrons. The highest BCUT2D eigenvalue weighted by molar-refractivity contribution is 7.13. The number of anilines is 1. The van der Waals surface area contributed by atoms with Crippen LogP contribution in [0, 0.1) is 5.41 Å². The van der Waals surface area contributed by atoms with Crippen LogP contribution in [0.5, 0.6) is 0 Å². The van der Waals surface area contributed by atoms with Gasteiger partial charge in [0.15, 0.2) is 10.8 Å². The molecule has 1 fully saturated rings. The highest BCUT2D eigenvalue weighted by Gasteiger charge is 2.29. The maximum atomic E-state index is 10.8. The molecular formula is C13H20N2O2S. The SMILES string of the molecule is CN(c1nc(C(=O)O)cs1)C1CCC(C)(C)CC1. The monoisotopic (exact) mass is 268 g/mol. The number of carbonyl (C=O) groups is 1. The van der Waals surface area contributed by atoms with E-state index in [0.717, 1.165) is 18.0 Å². The predicted octanol–water partition coefficient (Wildman–Crippen LogP) is 3.25. The molecule has 5 heteroatoms. The third-order valence-electron chi connectivity index (χ3n) is 3.87. The Balaban J connectivity index is 2.03. The van der Waals surface area contributed by atoms with Crippen molar-refractivity contribution < 1.29 is 9.90 Å². The van der Waals surface area contributed by atoms with Gasteiger partial charge in [-0.1, -0.05) is 13.8 Å². The number of hydrogen-bond donors (Lipinski definition) is 1. The highest BCUT2D eigenvalue weighted by atomic mass is 32.1. The Morgan fingerprint density at radius 3 is 2.61 bits per heavy atom. The van der Waals surface area contributed by atoms with Crippen LogP contribution < -0.4 is 4.90 Å². The molecule has 1 N–H and O–H groups in total. The van der Waals surface area contributed by atoms with E-state index in [2.05, 4.69) is 23.7 Å². The van der Waals surface area contributed by atoms with Crippen molar-refractivity contribution in [2.75, 3.05) is 11.9 Å². The molecule has 1 saturated carbocycles. The summed E-state index contributed by atoms with van der Waals surface area (Å²) >= 11 is 1.41. The number of carboxylic acids is 1. The van der Waals surface area contributed by atoms with Crippen LogP contribution in [0.15, 0.2) is 5.38 Å². The number of hydrogen-bond acceptors (Lipinski definition) is 4. The van der Waals surface area contributed by atoms with Crippen LogP contribution in [-0.4, -0.2) is 29.1 Å². The van der Waals surface area contributed by atoms with Gasteiger partial charge in [0.25, 0.3) is 0 Å². The standard InChI is InChI=1S/C13H20N2O2S/c1-13(2)6-4-9(5-7-13)15(3)12-14-10(8-18-12)11(16)17/h8-9H,4-7H2,1-3H3,(H,16,17). The van der Waals surface area contributed by atoms with E-state index >= 15 is 0 Å². The lowest BCUT2D eigenvalue weighted by Crippen LogP contribution is -2.37. The molecule has 0 saturated heterocycles. The summed E-state index contributed by atoms with van der Waals surface area (Å²) in [6.45, 7) is 4.63. The van der Waals surface area contributed by atoms with Gasteiger partial charge in [0, 0.05) is 18.5 Å². The Morgan fingerprint density at radius 1 is 1.50 bits per heavy atom. The van der Waals surface area contributed by atoms with Crippen molar-refractivity contribution in [2.45, 2.75) is 45.6 Å². The van der Waals surface area contributed by atoms with E-state index in [1.807, 2.05) is 7.05 Å². The lowest BCUT2D eigenvalue weighted by Gasteiger charge is -2.38. The van der Waals surface area contributed by atoms with Gasteiger partial charge in [-0.25, -0.2) is 9.78 Å². The minimum absolute atomic E-state index is 0.151. The Labute approximate surface area is 112 Å². The first-order chi connectivity index (χ1) is 8.39. The fourth-order valence-corrected chi connectivity index (χ4v) is 3.29. The van der Waals surface area contributed by atoms with E-state index < -0.39 is 5.97 Å². The quantitative estimate of drug-likeness (QED) is 0.914. The Bertz CT molecular complexity index is 432. The number of aromatic nitrogens is 1. The van der Waals surface area contributed by atoms with Crippen LogP contribution in [0.4, 0.5) is 5.13 Å². The van der Waals surface area contributed by atoms with Gasteiger partial charge in [0.2, 0.25) is 0 Å². The van der Waals surface area contributed by atoms with E-state index in [9.17, 15) is 4.79 Å². The van der Waals surface area contributed by atoms with Crippen molar-refractivity contribution in [3.63, 3.8) is 0 Å². The average Bonchev–Trinajstić information content (AvgIpc) is 2.77. The van der Waals surface area contributed by atoms with E-state index in [1.54, 1.807) is 5.38 Å². The number of carboxylic acid groups (broad SMARTS) is 1. The first-order valence-electron chi connectivity index (χ1n) is 6.31. The van der Waals surface area contributed by atoms with Crippen LogP contribution in [0.2, 0.25) is 0 Å². The number of rotatable bonds is 3. The number of thiazole rings is 1. The Morgan fingerprint density at radius 2 is 2.11 bits per heavy atom.